The van der Waals surface area contributed by atoms with Crippen LogP contribution in [0.25, 0.3) is 5.82 Å². The second-order valence-electron chi connectivity index (χ2n) is 5.96. The van der Waals surface area contributed by atoms with E-state index in [9.17, 15) is 18.0 Å². The van der Waals surface area contributed by atoms with Gasteiger partial charge in [0, 0.05) is 11.8 Å². The van der Waals surface area contributed by atoms with Crippen molar-refractivity contribution in [3.63, 3.8) is 0 Å². The number of halogens is 3. The first-order valence-electron chi connectivity index (χ1n) is 8.18. The number of carbonyl (C=O) groups is 1. The van der Waals surface area contributed by atoms with Gasteiger partial charge in [-0.1, -0.05) is 6.07 Å². The zero-order chi connectivity index (χ0) is 20.3. The minimum atomic E-state index is -4.48. The molecule has 0 aliphatic carbocycles. The first-order valence-corrected chi connectivity index (χ1v) is 8.18. The van der Waals surface area contributed by atoms with Crippen molar-refractivity contribution in [3.8, 4) is 11.6 Å². The largest absolute Gasteiger partial charge is 0.484 e. The fourth-order valence-electron chi connectivity index (χ4n) is 2.48. The molecule has 0 aliphatic heterocycles. The average Bonchev–Trinajstić information content (AvgIpc) is 2.98. The van der Waals surface area contributed by atoms with Crippen molar-refractivity contribution in [2.45, 2.75) is 20.0 Å². The lowest BCUT2D eigenvalue weighted by atomic mass is 10.2. The fourth-order valence-corrected chi connectivity index (χ4v) is 2.48. The van der Waals surface area contributed by atoms with E-state index in [1.54, 1.807) is 4.68 Å². The Morgan fingerprint density at radius 1 is 1.18 bits per heavy atom. The molecule has 0 fully saturated rings. The van der Waals surface area contributed by atoms with E-state index in [1.165, 1.54) is 24.5 Å². The van der Waals surface area contributed by atoms with Crippen LogP contribution in [0.1, 0.15) is 17.0 Å². The number of nitrogens with one attached hydrogen (secondary N) is 1. The maximum absolute atomic E-state index is 12.7. The number of ether oxygens (including phenoxy) is 1. The normalized spacial score (nSPS) is 11.3. The van der Waals surface area contributed by atoms with Crippen molar-refractivity contribution in [2.24, 2.45) is 0 Å². The molecule has 10 heteroatoms. The molecule has 0 aliphatic rings. The summed E-state index contributed by atoms with van der Waals surface area (Å²) in [5.41, 5.74) is 0.827. The molecule has 0 saturated carbocycles. The van der Waals surface area contributed by atoms with E-state index in [0.717, 1.165) is 23.5 Å². The lowest BCUT2D eigenvalue weighted by Gasteiger charge is -2.10. The van der Waals surface area contributed by atoms with Crippen LogP contribution < -0.4 is 10.1 Å². The van der Waals surface area contributed by atoms with Gasteiger partial charge in [0.05, 0.1) is 11.3 Å². The van der Waals surface area contributed by atoms with Crippen LogP contribution in [0.15, 0.2) is 42.7 Å². The highest BCUT2D eigenvalue weighted by Crippen LogP contribution is 2.31. The van der Waals surface area contributed by atoms with Gasteiger partial charge in [0.25, 0.3) is 5.91 Å². The number of alkyl halides is 3. The lowest BCUT2D eigenvalue weighted by Crippen LogP contribution is -2.21. The van der Waals surface area contributed by atoms with E-state index in [0.29, 0.717) is 5.82 Å². The predicted molar refractivity (Wildman–Crippen MR) is 94.2 cm³/mol. The van der Waals surface area contributed by atoms with E-state index < -0.39 is 24.3 Å². The quantitative estimate of drug-likeness (QED) is 0.722. The molecule has 7 nitrogen and oxygen atoms in total. The van der Waals surface area contributed by atoms with Gasteiger partial charge in [-0.15, -0.1) is 0 Å². The Labute approximate surface area is 158 Å². The van der Waals surface area contributed by atoms with Gasteiger partial charge in [-0.3, -0.25) is 4.79 Å². The standard InChI is InChI=1S/C18H16F3N5O2/c1-11-6-12(2)26(25-11)16-8-15(22-10-23-16)24-17(27)9-28-14-5-3-4-13(7-14)18(19,20)21/h3-8,10H,9H2,1-2H3,(H,22,23,24,27). The molecule has 1 aromatic carbocycles. The molecule has 0 atom stereocenters. The number of nitrogens with zero attached hydrogens (tertiary/aromatic N) is 4. The molecular formula is C18H16F3N5O2. The summed E-state index contributed by atoms with van der Waals surface area (Å²) in [6, 6.07) is 7.72. The maximum Gasteiger partial charge on any atom is 0.416 e. The number of anilines is 1. The summed E-state index contributed by atoms with van der Waals surface area (Å²) in [4.78, 5) is 20.1. The summed E-state index contributed by atoms with van der Waals surface area (Å²) in [7, 11) is 0. The van der Waals surface area contributed by atoms with Gasteiger partial charge >= 0.3 is 6.18 Å². The van der Waals surface area contributed by atoms with Gasteiger partial charge < -0.3 is 10.1 Å². The molecule has 2 heterocycles. The number of rotatable bonds is 5. The molecule has 0 radical (unpaired) electrons. The third-order valence-corrected chi connectivity index (χ3v) is 3.68. The van der Waals surface area contributed by atoms with Crippen molar-refractivity contribution < 1.29 is 22.7 Å². The fraction of sp³-hybridized carbons (Fsp3) is 0.222. The number of aryl methyl sites for hydroxylation is 2. The van der Waals surface area contributed by atoms with Gasteiger partial charge in [0.2, 0.25) is 0 Å². The Balaban J connectivity index is 1.64. The Morgan fingerprint density at radius 2 is 1.96 bits per heavy atom. The summed E-state index contributed by atoms with van der Waals surface area (Å²) < 4.78 is 44.9. The van der Waals surface area contributed by atoms with Crippen LogP contribution in [0.2, 0.25) is 0 Å². The van der Waals surface area contributed by atoms with Gasteiger partial charge in [0.15, 0.2) is 12.4 Å². The Morgan fingerprint density at radius 3 is 2.64 bits per heavy atom. The van der Waals surface area contributed by atoms with Crippen LogP contribution in [-0.4, -0.2) is 32.3 Å². The molecule has 0 saturated heterocycles. The monoisotopic (exact) mass is 391 g/mol. The van der Waals surface area contributed by atoms with Gasteiger partial charge in [-0.25, -0.2) is 14.6 Å². The molecule has 3 rings (SSSR count). The lowest BCUT2D eigenvalue weighted by molar-refractivity contribution is -0.137. The third kappa shape index (κ3) is 4.64. The van der Waals surface area contributed by atoms with Crippen molar-refractivity contribution in [1.82, 2.24) is 19.7 Å². The number of hydrogen-bond donors (Lipinski definition) is 1. The first-order chi connectivity index (χ1) is 13.2. The SMILES string of the molecule is Cc1cc(C)n(-c2cc(NC(=O)COc3cccc(C(F)(F)F)c3)ncn2)n1. The molecule has 3 aromatic rings. The Kier molecular flexibility index (Phi) is 5.30. The molecule has 146 valence electrons. The highest BCUT2D eigenvalue weighted by atomic mass is 19.4. The maximum atomic E-state index is 12.7. The average molecular weight is 391 g/mol. The highest BCUT2D eigenvalue weighted by Gasteiger charge is 2.30. The minimum absolute atomic E-state index is 0.0593. The number of aromatic nitrogens is 4. The van der Waals surface area contributed by atoms with Crippen LogP contribution in [0.3, 0.4) is 0 Å². The predicted octanol–water partition coefficient (Wildman–Crippen LogP) is 3.32. The topological polar surface area (TPSA) is 81.9 Å². The second kappa shape index (κ2) is 7.67. The van der Waals surface area contributed by atoms with Crippen molar-refractivity contribution in [2.75, 3.05) is 11.9 Å². The van der Waals surface area contributed by atoms with Crippen molar-refractivity contribution in [3.05, 3.63) is 59.7 Å². The van der Waals surface area contributed by atoms with Gasteiger partial charge in [0.1, 0.15) is 17.9 Å². The molecule has 1 amide bonds. The van der Waals surface area contributed by atoms with Crippen LogP contribution in [0.5, 0.6) is 5.75 Å². The van der Waals surface area contributed by atoms with Crippen LogP contribution >= 0.6 is 0 Å². The van der Waals surface area contributed by atoms with Crippen LogP contribution in [0.4, 0.5) is 19.0 Å². The third-order valence-electron chi connectivity index (χ3n) is 3.68. The van der Waals surface area contributed by atoms with E-state index in [1.807, 2.05) is 19.9 Å². The smallest absolute Gasteiger partial charge is 0.416 e. The van der Waals surface area contributed by atoms with E-state index in [4.69, 9.17) is 4.74 Å². The van der Waals surface area contributed by atoms with Gasteiger partial charge in [-0.05, 0) is 38.1 Å². The zero-order valence-corrected chi connectivity index (χ0v) is 15.0. The highest BCUT2D eigenvalue weighted by molar-refractivity contribution is 5.91. The molecule has 28 heavy (non-hydrogen) atoms. The van der Waals surface area contributed by atoms with Gasteiger partial charge in [-0.2, -0.15) is 18.3 Å². The molecule has 0 spiro atoms. The molecular weight excluding hydrogens is 375 g/mol. The summed E-state index contributed by atoms with van der Waals surface area (Å²) in [6.45, 7) is 3.24. The Bertz CT molecular complexity index is 1000. The summed E-state index contributed by atoms with van der Waals surface area (Å²) in [5, 5.41) is 6.82. The number of benzene rings is 1. The first kappa shape index (κ1) is 19.3. The number of amides is 1. The van der Waals surface area contributed by atoms with Crippen LogP contribution in [-0.2, 0) is 11.0 Å². The number of hydrogen-bond acceptors (Lipinski definition) is 5. The molecule has 1 N–H and O–H groups in total. The number of carbonyl (C=O) groups excluding carboxylic acids is 1. The van der Waals surface area contributed by atoms with Crippen molar-refractivity contribution in [1.29, 1.82) is 0 Å². The molecule has 0 unspecified atom stereocenters. The second-order valence-corrected chi connectivity index (χ2v) is 5.96. The summed E-state index contributed by atoms with van der Waals surface area (Å²) in [6.07, 6.45) is -3.21. The van der Waals surface area contributed by atoms with E-state index >= 15 is 0 Å². The van der Waals surface area contributed by atoms with Crippen LogP contribution in [0, 0.1) is 13.8 Å². The zero-order valence-electron chi connectivity index (χ0n) is 15.0. The minimum Gasteiger partial charge on any atom is -0.484 e. The summed E-state index contributed by atoms with van der Waals surface area (Å²) in [5.74, 6) is 0.0521. The van der Waals surface area contributed by atoms with E-state index in [2.05, 4.69) is 20.4 Å². The molecule has 2 aromatic heterocycles. The van der Waals surface area contributed by atoms with E-state index in [-0.39, 0.29) is 11.6 Å². The molecule has 0 bridgehead atoms. The Hall–Kier alpha value is -3.43. The summed E-state index contributed by atoms with van der Waals surface area (Å²) >= 11 is 0. The van der Waals surface area contributed by atoms with Crippen molar-refractivity contribution >= 4 is 11.7 Å².